The molecule has 6 heteroatoms. The Balaban J connectivity index is 1.54. The Kier molecular flexibility index (Phi) is 5.03. The molecule has 0 aliphatic carbocycles. The molecule has 4 aromatic rings. The summed E-state index contributed by atoms with van der Waals surface area (Å²) >= 11 is 1.36. The number of anilines is 2. The highest BCUT2D eigenvalue weighted by molar-refractivity contribution is 7.12. The highest BCUT2D eigenvalue weighted by Gasteiger charge is 2.70. The van der Waals surface area contributed by atoms with Gasteiger partial charge in [-0.1, -0.05) is 84.4 Å². The Bertz CT molecular complexity index is 1640. The van der Waals surface area contributed by atoms with Crippen molar-refractivity contribution in [3.8, 4) is 0 Å². The number of benzene rings is 3. The topological polar surface area (TPSA) is 66.5 Å². The number of nitrogens with zero attached hydrogens (tertiary/aromatic N) is 1. The minimum atomic E-state index is -1.28. The number of fused-ring (bicyclic) bond motifs is 6. The number of para-hydroxylation sites is 2. The molecule has 1 fully saturated rings. The van der Waals surface area contributed by atoms with Crippen LogP contribution in [-0.4, -0.2) is 29.6 Å². The van der Waals surface area contributed by atoms with Crippen LogP contribution in [0.5, 0.6) is 0 Å². The Labute approximate surface area is 224 Å². The van der Waals surface area contributed by atoms with Gasteiger partial charge in [0.25, 0.3) is 0 Å². The molecular formula is C32H24N2O3S. The van der Waals surface area contributed by atoms with E-state index < -0.39 is 23.4 Å². The molecule has 0 bridgehead atoms. The van der Waals surface area contributed by atoms with Crippen molar-refractivity contribution in [2.24, 2.45) is 5.92 Å². The molecule has 4 heterocycles. The lowest BCUT2D eigenvalue weighted by molar-refractivity contribution is -0.121. The van der Waals surface area contributed by atoms with E-state index in [4.69, 9.17) is 0 Å². The number of aryl methyl sites for hydroxylation is 1. The number of hydrogen-bond acceptors (Lipinski definition) is 5. The number of amides is 1. The molecule has 3 aliphatic heterocycles. The highest BCUT2D eigenvalue weighted by Crippen LogP contribution is 2.58. The van der Waals surface area contributed by atoms with Gasteiger partial charge in [0.1, 0.15) is 11.5 Å². The number of nitrogens with one attached hydrogen (secondary N) is 1. The third kappa shape index (κ3) is 3.01. The van der Waals surface area contributed by atoms with Crippen LogP contribution < -0.4 is 10.2 Å². The molecule has 4 atom stereocenters. The zero-order chi connectivity index (χ0) is 26.0. The standard InChI is InChI=1S/C32H24N2O3S/c1-19-12-14-21(15-13-19)29(35)27-28(30(36)25-11-6-18-38-25)34-24-10-5-2-7-20(24)16-17-26(34)32(27)22-8-3-4-9-23(22)33-31(32)37/h2-18,26-28H,1H3,(H,33,37)/t26-,27+,28+,32-/m1/s1. The molecule has 3 aromatic carbocycles. The predicted molar refractivity (Wildman–Crippen MR) is 150 cm³/mol. The molecule has 1 aromatic heterocycles. The molecule has 5 nitrogen and oxygen atoms in total. The maximum Gasteiger partial charge on any atom is 0.238 e. The molecular weight excluding hydrogens is 492 g/mol. The monoisotopic (exact) mass is 516 g/mol. The van der Waals surface area contributed by atoms with E-state index in [2.05, 4.69) is 5.32 Å². The van der Waals surface area contributed by atoms with E-state index >= 15 is 0 Å². The molecule has 38 heavy (non-hydrogen) atoms. The number of thiophene rings is 1. The second-order valence-corrected chi connectivity index (χ2v) is 11.1. The number of ketones is 2. The largest absolute Gasteiger partial charge is 0.352 e. The van der Waals surface area contributed by atoms with Crippen molar-refractivity contribution in [3.05, 3.63) is 124 Å². The number of carbonyl (C=O) groups excluding carboxylic acids is 3. The van der Waals surface area contributed by atoms with Crippen LogP contribution in [0.25, 0.3) is 6.08 Å². The first-order valence-corrected chi connectivity index (χ1v) is 13.5. The Morgan fingerprint density at radius 2 is 1.66 bits per heavy atom. The predicted octanol–water partition coefficient (Wildman–Crippen LogP) is 5.91. The average molecular weight is 517 g/mol. The first kappa shape index (κ1) is 22.9. The first-order chi connectivity index (χ1) is 18.5. The molecule has 0 unspecified atom stereocenters. The summed E-state index contributed by atoms with van der Waals surface area (Å²) in [6.45, 7) is 1.97. The van der Waals surface area contributed by atoms with Crippen LogP contribution in [0.2, 0.25) is 0 Å². The van der Waals surface area contributed by atoms with Gasteiger partial charge in [0.2, 0.25) is 5.91 Å². The Morgan fingerprint density at radius 1 is 0.895 bits per heavy atom. The van der Waals surface area contributed by atoms with Gasteiger partial charge in [-0.3, -0.25) is 14.4 Å². The fourth-order valence-corrected chi connectivity index (χ4v) is 7.28. The van der Waals surface area contributed by atoms with E-state index in [0.717, 1.165) is 22.4 Å². The maximum atomic E-state index is 14.6. The van der Waals surface area contributed by atoms with Gasteiger partial charge in [0, 0.05) is 16.9 Å². The van der Waals surface area contributed by atoms with Crippen molar-refractivity contribution >= 4 is 46.3 Å². The zero-order valence-electron chi connectivity index (χ0n) is 20.6. The number of hydrogen-bond donors (Lipinski definition) is 1. The van der Waals surface area contributed by atoms with Crippen molar-refractivity contribution < 1.29 is 14.4 Å². The van der Waals surface area contributed by atoms with Crippen molar-refractivity contribution in [1.29, 1.82) is 0 Å². The van der Waals surface area contributed by atoms with Crippen molar-refractivity contribution in [2.45, 2.75) is 24.4 Å². The van der Waals surface area contributed by atoms with Gasteiger partial charge in [-0.05, 0) is 41.6 Å². The summed E-state index contributed by atoms with van der Waals surface area (Å²) in [6, 6.07) is 25.1. The van der Waals surface area contributed by atoms with E-state index in [1.165, 1.54) is 11.3 Å². The minimum absolute atomic E-state index is 0.144. The van der Waals surface area contributed by atoms with Gasteiger partial charge in [-0.15, -0.1) is 11.3 Å². The number of Topliss-reactive ketones (excluding diaryl/α,β-unsaturated/α-hetero) is 2. The van der Waals surface area contributed by atoms with E-state index in [1.807, 2.05) is 96.1 Å². The van der Waals surface area contributed by atoms with E-state index in [0.29, 0.717) is 16.1 Å². The van der Waals surface area contributed by atoms with Gasteiger partial charge in [0.05, 0.1) is 16.8 Å². The summed E-state index contributed by atoms with van der Waals surface area (Å²) in [5.74, 6) is -1.53. The fraction of sp³-hybridized carbons (Fsp3) is 0.156. The molecule has 3 aliphatic rings. The van der Waals surface area contributed by atoms with Gasteiger partial charge in [0.15, 0.2) is 11.6 Å². The number of carbonyl (C=O) groups is 3. The lowest BCUT2D eigenvalue weighted by Gasteiger charge is -2.37. The summed E-state index contributed by atoms with van der Waals surface area (Å²) < 4.78 is 0. The molecule has 186 valence electrons. The molecule has 1 saturated heterocycles. The van der Waals surface area contributed by atoms with Crippen LogP contribution in [0.1, 0.15) is 36.7 Å². The highest BCUT2D eigenvalue weighted by atomic mass is 32.1. The van der Waals surface area contributed by atoms with E-state index in [1.54, 1.807) is 18.2 Å². The van der Waals surface area contributed by atoms with Gasteiger partial charge in [-0.25, -0.2) is 0 Å². The lowest BCUT2D eigenvalue weighted by Crippen LogP contribution is -2.51. The summed E-state index contributed by atoms with van der Waals surface area (Å²) in [4.78, 5) is 45.9. The molecule has 0 radical (unpaired) electrons. The van der Waals surface area contributed by atoms with Crippen molar-refractivity contribution in [3.63, 3.8) is 0 Å². The smallest absolute Gasteiger partial charge is 0.238 e. The van der Waals surface area contributed by atoms with Gasteiger partial charge in [-0.2, -0.15) is 0 Å². The molecule has 1 amide bonds. The number of rotatable bonds is 4. The van der Waals surface area contributed by atoms with Crippen LogP contribution in [-0.2, 0) is 10.2 Å². The zero-order valence-corrected chi connectivity index (χ0v) is 21.4. The maximum absolute atomic E-state index is 14.6. The molecule has 1 N–H and O–H groups in total. The summed E-state index contributed by atoms with van der Waals surface area (Å²) in [7, 11) is 0. The minimum Gasteiger partial charge on any atom is -0.352 e. The van der Waals surface area contributed by atoms with Crippen LogP contribution in [0.15, 0.2) is 96.4 Å². The fourth-order valence-electron chi connectivity index (χ4n) is 6.58. The van der Waals surface area contributed by atoms with Gasteiger partial charge < -0.3 is 10.2 Å². The van der Waals surface area contributed by atoms with Crippen LogP contribution in [0.4, 0.5) is 11.4 Å². The second-order valence-electron chi connectivity index (χ2n) is 10.1. The summed E-state index contributed by atoms with van der Waals surface area (Å²) in [5, 5.41) is 4.94. The van der Waals surface area contributed by atoms with Crippen LogP contribution in [0, 0.1) is 12.8 Å². The lowest BCUT2D eigenvalue weighted by atomic mass is 9.64. The normalized spacial score (nSPS) is 24.6. The average Bonchev–Trinajstić information content (AvgIpc) is 3.65. The van der Waals surface area contributed by atoms with Gasteiger partial charge >= 0.3 is 0 Å². The molecule has 1 spiro atoms. The molecule has 7 rings (SSSR count). The third-order valence-corrected chi connectivity index (χ3v) is 9.08. The molecule has 0 saturated carbocycles. The van der Waals surface area contributed by atoms with E-state index in [9.17, 15) is 14.4 Å². The van der Waals surface area contributed by atoms with E-state index in [-0.39, 0.29) is 17.5 Å². The van der Waals surface area contributed by atoms with Crippen LogP contribution >= 0.6 is 11.3 Å². The summed E-state index contributed by atoms with van der Waals surface area (Å²) in [5.41, 5.74) is 3.51. The second kappa shape index (κ2) is 8.36. The third-order valence-electron chi connectivity index (χ3n) is 8.19. The van der Waals surface area contributed by atoms with Crippen molar-refractivity contribution in [1.82, 2.24) is 0 Å². The quantitative estimate of drug-likeness (QED) is 0.343. The SMILES string of the molecule is Cc1ccc(C(=O)[C@@H]2[C@@H](C(=O)c3cccs3)N3c4ccccc4C=C[C@@H]3[C@@]23C(=O)Nc2ccccc23)cc1. The van der Waals surface area contributed by atoms with Crippen molar-refractivity contribution in [2.75, 3.05) is 10.2 Å². The Hall–Kier alpha value is -4.29. The summed E-state index contributed by atoms with van der Waals surface area (Å²) in [6.07, 6.45) is 4.01. The van der Waals surface area contributed by atoms with Crippen LogP contribution in [0.3, 0.4) is 0 Å². The Morgan fingerprint density at radius 3 is 2.45 bits per heavy atom. The first-order valence-electron chi connectivity index (χ1n) is 12.7.